The minimum Gasteiger partial charge on any atom is -0.445 e. The summed E-state index contributed by atoms with van der Waals surface area (Å²) >= 11 is 0. The molecular formula is C24H28N4O4. The zero-order valence-corrected chi connectivity index (χ0v) is 18.0. The van der Waals surface area contributed by atoms with E-state index in [1.54, 1.807) is 6.20 Å². The summed E-state index contributed by atoms with van der Waals surface area (Å²) in [6.07, 6.45) is 2.39. The first-order valence-corrected chi connectivity index (χ1v) is 10.6. The number of H-pyrrole nitrogens is 1. The van der Waals surface area contributed by atoms with Crippen molar-refractivity contribution in [3.8, 4) is 0 Å². The largest absolute Gasteiger partial charge is 0.445 e. The highest BCUT2D eigenvalue weighted by Gasteiger charge is 2.26. The van der Waals surface area contributed by atoms with E-state index in [9.17, 15) is 14.4 Å². The second-order valence-electron chi connectivity index (χ2n) is 7.57. The van der Waals surface area contributed by atoms with Gasteiger partial charge >= 0.3 is 6.09 Å². The Morgan fingerprint density at radius 3 is 2.44 bits per heavy atom. The van der Waals surface area contributed by atoms with Gasteiger partial charge in [-0.05, 0) is 23.6 Å². The van der Waals surface area contributed by atoms with Gasteiger partial charge in [-0.25, -0.2) is 4.79 Å². The quantitative estimate of drug-likeness (QED) is 0.390. The molecule has 5 N–H and O–H groups in total. The number of hydrogen-bond acceptors (Lipinski definition) is 4. The van der Waals surface area contributed by atoms with Gasteiger partial charge in [-0.3, -0.25) is 9.59 Å². The number of aromatic amines is 1. The first kappa shape index (κ1) is 22.9. The van der Waals surface area contributed by atoms with Crippen LogP contribution in [-0.2, 0) is 27.4 Å². The third-order valence-corrected chi connectivity index (χ3v) is 5.16. The number of alkyl carbamates (subject to hydrolysis) is 1. The van der Waals surface area contributed by atoms with Gasteiger partial charge < -0.3 is 26.1 Å². The molecule has 0 spiro atoms. The Hall–Kier alpha value is -3.81. The lowest BCUT2D eigenvalue weighted by molar-refractivity contribution is -0.128. The van der Waals surface area contributed by atoms with Crippen molar-refractivity contribution in [1.82, 2.24) is 15.6 Å². The minimum atomic E-state index is -0.914. The van der Waals surface area contributed by atoms with Gasteiger partial charge in [0, 0.05) is 23.5 Å². The Labute approximate surface area is 186 Å². The van der Waals surface area contributed by atoms with Gasteiger partial charge in [0.2, 0.25) is 11.8 Å². The summed E-state index contributed by atoms with van der Waals surface area (Å²) in [4.78, 5) is 40.3. The van der Waals surface area contributed by atoms with Crippen molar-refractivity contribution in [2.45, 2.75) is 44.9 Å². The van der Waals surface area contributed by atoms with Crippen molar-refractivity contribution in [2.24, 2.45) is 5.73 Å². The molecule has 0 radical (unpaired) electrons. The molecule has 8 nitrogen and oxygen atoms in total. The van der Waals surface area contributed by atoms with Crippen molar-refractivity contribution >= 4 is 28.8 Å². The van der Waals surface area contributed by atoms with Gasteiger partial charge in [-0.15, -0.1) is 0 Å². The molecule has 3 amide bonds. The summed E-state index contributed by atoms with van der Waals surface area (Å²) in [5, 5.41) is 6.23. The molecule has 2 atom stereocenters. The van der Waals surface area contributed by atoms with Crippen LogP contribution in [0.2, 0.25) is 0 Å². The number of nitrogens with two attached hydrogens (primary N) is 1. The molecule has 0 aliphatic heterocycles. The number of benzene rings is 2. The van der Waals surface area contributed by atoms with Crippen LogP contribution in [0, 0.1) is 0 Å². The van der Waals surface area contributed by atoms with E-state index in [1.807, 2.05) is 61.5 Å². The minimum absolute atomic E-state index is 0.0949. The summed E-state index contributed by atoms with van der Waals surface area (Å²) < 4.78 is 5.22. The molecule has 0 aliphatic rings. The van der Waals surface area contributed by atoms with E-state index in [1.165, 1.54) is 0 Å². The summed E-state index contributed by atoms with van der Waals surface area (Å²) in [7, 11) is 0. The number of primary amides is 1. The molecule has 3 rings (SSSR count). The molecule has 1 aromatic heterocycles. The molecule has 0 saturated heterocycles. The Balaban J connectivity index is 1.62. The van der Waals surface area contributed by atoms with Crippen LogP contribution in [0.15, 0.2) is 60.8 Å². The first-order valence-electron chi connectivity index (χ1n) is 10.6. The van der Waals surface area contributed by atoms with E-state index >= 15 is 0 Å². The van der Waals surface area contributed by atoms with E-state index in [-0.39, 0.29) is 13.0 Å². The molecule has 8 heteroatoms. The normalized spacial score (nSPS) is 12.7. The summed E-state index contributed by atoms with van der Waals surface area (Å²) in [5.41, 5.74) is 8.20. The van der Waals surface area contributed by atoms with Crippen LogP contribution < -0.4 is 16.4 Å². The molecule has 168 valence electrons. The van der Waals surface area contributed by atoms with E-state index in [4.69, 9.17) is 10.5 Å². The second-order valence-corrected chi connectivity index (χ2v) is 7.57. The third-order valence-electron chi connectivity index (χ3n) is 5.16. The molecule has 0 saturated carbocycles. The first-order chi connectivity index (χ1) is 15.5. The smallest absolute Gasteiger partial charge is 0.408 e. The fraction of sp³-hybridized carbons (Fsp3) is 0.292. The Kier molecular flexibility index (Phi) is 7.85. The maximum Gasteiger partial charge on any atom is 0.408 e. The SMILES string of the molecule is CCC[C@@H](NC(=O)OCc1ccccc1)C(=O)N[C@@H](Cc1c[nH]c2ccccc12)C(N)=O. The van der Waals surface area contributed by atoms with Crippen molar-refractivity contribution < 1.29 is 19.1 Å². The van der Waals surface area contributed by atoms with Crippen LogP contribution in [0.4, 0.5) is 4.79 Å². The van der Waals surface area contributed by atoms with E-state index in [0.717, 1.165) is 22.0 Å². The number of amides is 3. The number of aromatic nitrogens is 1. The molecule has 0 fully saturated rings. The van der Waals surface area contributed by atoms with Crippen LogP contribution >= 0.6 is 0 Å². The Morgan fingerprint density at radius 1 is 1.00 bits per heavy atom. The lowest BCUT2D eigenvalue weighted by Gasteiger charge is -2.21. The fourth-order valence-corrected chi connectivity index (χ4v) is 3.48. The topological polar surface area (TPSA) is 126 Å². The zero-order chi connectivity index (χ0) is 22.9. The molecule has 0 aliphatic carbocycles. The van der Waals surface area contributed by atoms with Gasteiger partial charge in [0.05, 0.1) is 0 Å². The van der Waals surface area contributed by atoms with Gasteiger partial charge in [0.1, 0.15) is 18.7 Å². The summed E-state index contributed by atoms with van der Waals surface area (Å²) in [5.74, 6) is -1.13. The fourth-order valence-electron chi connectivity index (χ4n) is 3.48. The highest BCUT2D eigenvalue weighted by atomic mass is 16.5. The summed E-state index contributed by atoms with van der Waals surface area (Å²) in [6.45, 7) is 1.99. The number of ether oxygens (including phenoxy) is 1. The molecule has 32 heavy (non-hydrogen) atoms. The zero-order valence-electron chi connectivity index (χ0n) is 18.0. The van der Waals surface area contributed by atoms with Crippen LogP contribution in [0.3, 0.4) is 0 Å². The van der Waals surface area contributed by atoms with Gasteiger partial charge in [-0.2, -0.15) is 0 Å². The monoisotopic (exact) mass is 436 g/mol. The van der Waals surface area contributed by atoms with Crippen LogP contribution in [-0.4, -0.2) is 35.0 Å². The number of rotatable bonds is 10. The average Bonchev–Trinajstić information content (AvgIpc) is 3.20. The molecule has 0 bridgehead atoms. The van der Waals surface area contributed by atoms with Gasteiger partial charge in [-0.1, -0.05) is 61.9 Å². The number of para-hydroxylation sites is 1. The van der Waals surface area contributed by atoms with E-state index in [0.29, 0.717) is 12.8 Å². The van der Waals surface area contributed by atoms with E-state index in [2.05, 4.69) is 15.6 Å². The highest BCUT2D eigenvalue weighted by molar-refractivity contribution is 5.91. The lowest BCUT2D eigenvalue weighted by Crippen LogP contribution is -2.53. The van der Waals surface area contributed by atoms with Crippen LogP contribution in [0.5, 0.6) is 0 Å². The Morgan fingerprint density at radius 2 is 1.72 bits per heavy atom. The number of carbonyl (C=O) groups excluding carboxylic acids is 3. The molecule has 3 aromatic rings. The van der Waals surface area contributed by atoms with Gasteiger partial charge in [0.25, 0.3) is 0 Å². The van der Waals surface area contributed by atoms with Crippen molar-refractivity contribution in [3.05, 3.63) is 71.9 Å². The number of hydrogen-bond donors (Lipinski definition) is 4. The van der Waals surface area contributed by atoms with Crippen molar-refractivity contribution in [2.75, 3.05) is 0 Å². The average molecular weight is 437 g/mol. The molecular weight excluding hydrogens is 408 g/mol. The maximum absolute atomic E-state index is 12.9. The maximum atomic E-state index is 12.9. The van der Waals surface area contributed by atoms with Gasteiger partial charge in [0.15, 0.2) is 0 Å². The molecule has 0 unspecified atom stereocenters. The number of nitrogens with one attached hydrogen (secondary N) is 3. The number of carbonyl (C=O) groups is 3. The predicted octanol–water partition coefficient (Wildman–Crippen LogP) is 2.78. The van der Waals surface area contributed by atoms with Crippen LogP contribution in [0.1, 0.15) is 30.9 Å². The number of fused-ring (bicyclic) bond motifs is 1. The second kappa shape index (κ2) is 11.0. The van der Waals surface area contributed by atoms with E-state index < -0.39 is 30.0 Å². The Bertz CT molecular complexity index is 1060. The highest BCUT2D eigenvalue weighted by Crippen LogP contribution is 2.19. The molecule has 1 heterocycles. The predicted molar refractivity (Wildman–Crippen MR) is 122 cm³/mol. The van der Waals surface area contributed by atoms with Crippen LogP contribution in [0.25, 0.3) is 10.9 Å². The van der Waals surface area contributed by atoms with Crippen molar-refractivity contribution in [1.29, 1.82) is 0 Å². The third kappa shape index (κ3) is 6.10. The summed E-state index contributed by atoms with van der Waals surface area (Å²) in [6, 6.07) is 15.2. The lowest BCUT2D eigenvalue weighted by atomic mass is 10.0. The molecule has 2 aromatic carbocycles. The standard InChI is InChI=1S/C24H28N4O4/c1-2-8-20(28-24(31)32-15-16-9-4-3-5-10-16)23(30)27-21(22(25)29)13-17-14-26-19-12-7-6-11-18(17)19/h3-7,9-12,14,20-21,26H,2,8,13,15H2,1H3,(H2,25,29)(H,27,30)(H,28,31)/t20-,21+/m1/s1. The van der Waals surface area contributed by atoms with Crippen molar-refractivity contribution in [3.63, 3.8) is 0 Å².